The Bertz CT molecular complexity index is 356. The predicted octanol–water partition coefficient (Wildman–Crippen LogP) is 0.530. The Morgan fingerprint density at radius 3 is 1.38 bits per heavy atom. The minimum Gasteiger partial charge on any atom is -0.394 e. The second kappa shape index (κ2) is 5.78. The molecule has 0 saturated carbocycles. The van der Waals surface area contributed by atoms with Gasteiger partial charge in [0.15, 0.2) is 6.10 Å². The van der Waals surface area contributed by atoms with Gasteiger partial charge in [-0.3, -0.25) is 0 Å². The van der Waals surface area contributed by atoms with Gasteiger partial charge in [0, 0.05) is 0 Å². The zero-order valence-corrected chi connectivity index (χ0v) is 9.63. The van der Waals surface area contributed by atoms with Crippen molar-refractivity contribution in [3.63, 3.8) is 0 Å². The smallest absolute Gasteiger partial charge is 0.394 e. The van der Waals surface area contributed by atoms with Gasteiger partial charge in [0.2, 0.25) is 0 Å². The normalized spacial score (nSPS) is 19.3. The van der Waals surface area contributed by atoms with Crippen molar-refractivity contribution >= 4 is 0 Å². The molecule has 3 atom stereocenters. The molecule has 0 aliphatic carbocycles. The van der Waals surface area contributed by atoms with E-state index in [0.29, 0.717) is 0 Å². The molecule has 0 unspecified atom stereocenters. The summed E-state index contributed by atoms with van der Waals surface area (Å²) < 4.78 is 112. The average molecular weight is 340 g/mol. The molecular formula is C8H9F9O4. The molecule has 0 aromatic heterocycles. The Morgan fingerprint density at radius 2 is 1.10 bits per heavy atom. The number of hydrogen-bond donors (Lipinski definition) is 4. The van der Waals surface area contributed by atoms with Crippen molar-refractivity contribution in [2.45, 2.75) is 42.3 Å². The molecule has 0 radical (unpaired) electrons. The third kappa shape index (κ3) is 3.19. The Kier molecular flexibility index (Phi) is 5.56. The lowest BCUT2D eigenvalue weighted by molar-refractivity contribution is -0.409. The molecule has 0 aromatic rings. The number of halogens is 9. The van der Waals surface area contributed by atoms with Crippen LogP contribution >= 0.6 is 0 Å². The first-order chi connectivity index (χ1) is 9.05. The van der Waals surface area contributed by atoms with Crippen molar-refractivity contribution in [1.82, 2.24) is 0 Å². The monoisotopic (exact) mass is 340 g/mol. The van der Waals surface area contributed by atoms with Crippen LogP contribution in [0.1, 0.15) is 0 Å². The first kappa shape index (κ1) is 20.2. The van der Waals surface area contributed by atoms with Gasteiger partial charge in [0.1, 0.15) is 12.2 Å². The van der Waals surface area contributed by atoms with Crippen LogP contribution in [0, 0.1) is 0 Å². The van der Waals surface area contributed by atoms with E-state index in [2.05, 4.69) is 0 Å². The number of rotatable bonds is 6. The Labute approximate surface area is 110 Å². The Balaban J connectivity index is 5.67. The predicted molar refractivity (Wildman–Crippen MR) is 46.0 cm³/mol. The summed E-state index contributed by atoms with van der Waals surface area (Å²) >= 11 is 0. The molecule has 0 fully saturated rings. The first-order valence-electron chi connectivity index (χ1n) is 4.91. The van der Waals surface area contributed by atoms with Crippen molar-refractivity contribution in [2.75, 3.05) is 6.61 Å². The molecule has 13 heteroatoms. The van der Waals surface area contributed by atoms with Gasteiger partial charge in [-0.05, 0) is 0 Å². The van der Waals surface area contributed by atoms with Gasteiger partial charge in [-0.2, -0.15) is 39.5 Å². The Hall–Kier alpha value is -0.790. The van der Waals surface area contributed by atoms with Crippen LogP contribution in [-0.4, -0.2) is 69.3 Å². The fourth-order valence-corrected chi connectivity index (χ4v) is 1.11. The second-order valence-electron chi connectivity index (χ2n) is 3.95. The molecule has 4 nitrogen and oxygen atoms in total. The summed E-state index contributed by atoms with van der Waals surface area (Å²) in [6.07, 6.45) is -17.3. The zero-order valence-electron chi connectivity index (χ0n) is 9.63. The van der Waals surface area contributed by atoms with Gasteiger partial charge >= 0.3 is 23.9 Å². The summed E-state index contributed by atoms with van der Waals surface area (Å²) in [4.78, 5) is 0. The summed E-state index contributed by atoms with van der Waals surface area (Å²) in [5, 5.41) is 34.3. The fourth-order valence-electron chi connectivity index (χ4n) is 1.11. The van der Waals surface area contributed by atoms with E-state index in [0.717, 1.165) is 0 Å². The molecule has 0 aromatic carbocycles. The lowest BCUT2D eigenvalue weighted by Crippen LogP contribution is -2.67. The van der Waals surface area contributed by atoms with Crippen LogP contribution in [0.3, 0.4) is 0 Å². The lowest BCUT2D eigenvalue weighted by atomic mass is 9.93. The van der Waals surface area contributed by atoms with Gasteiger partial charge < -0.3 is 20.4 Å². The third-order valence-corrected chi connectivity index (χ3v) is 2.45. The van der Waals surface area contributed by atoms with Crippen molar-refractivity contribution in [3.8, 4) is 0 Å². The largest absolute Gasteiger partial charge is 0.460 e. The van der Waals surface area contributed by atoms with Crippen LogP contribution in [0.15, 0.2) is 0 Å². The van der Waals surface area contributed by atoms with Crippen LogP contribution in [0.4, 0.5) is 39.5 Å². The van der Waals surface area contributed by atoms with Crippen molar-refractivity contribution < 1.29 is 59.9 Å². The summed E-state index contributed by atoms with van der Waals surface area (Å²) in [5.41, 5.74) is 0. The molecule has 0 bridgehead atoms. The maximum Gasteiger partial charge on any atom is 0.460 e. The summed E-state index contributed by atoms with van der Waals surface area (Å²) in [6, 6.07) is 0. The van der Waals surface area contributed by atoms with E-state index in [9.17, 15) is 39.5 Å². The maximum absolute atomic E-state index is 13.0. The molecule has 0 heterocycles. The highest BCUT2D eigenvalue weighted by atomic mass is 19.4. The van der Waals surface area contributed by atoms with E-state index < -0.39 is 48.9 Å². The van der Waals surface area contributed by atoms with Crippen LogP contribution in [0.5, 0.6) is 0 Å². The molecule has 128 valence electrons. The molecule has 0 spiro atoms. The van der Waals surface area contributed by atoms with Crippen molar-refractivity contribution in [3.05, 3.63) is 0 Å². The van der Waals surface area contributed by atoms with E-state index in [1.54, 1.807) is 0 Å². The second-order valence-corrected chi connectivity index (χ2v) is 3.95. The average Bonchev–Trinajstić information content (AvgIpc) is 2.33. The first-order valence-corrected chi connectivity index (χ1v) is 4.91. The highest BCUT2D eigenvalue weighted by Gasteiger charge is 2.83. The maximum atomic E-state index is 13.0. The minimum atomic E-state index is -7.23. The topological polar surface area (TPSA) is 80.9 Å². The Morgan fingerprint density at radius 1 is 0.714 bits per heavy atom. The van der Waals surface area contributed by atoms with Crippen molar-refractivity contribution in [2.24, 2.45) is 0 Å². The highest BCUT2D eigenvalue weighted by Crippen LogP contribution is 2.54. The summed E-state index contributed by atoms with van der Waals surface area (Å²) in [6.45, 7) is -1.56. The SMILES string of the molecule is OC[C@H](O)[C@@H](O)[C@@H](O)C(F)(F)C(F)(F)C(F)(F)C(F)(F)F. The number of alkyl halides is 9. The van der Waals surface area contributed by atoms with E-state index in [1.165, 1.54) is 0 Å². The van der Waals surface area contributed by atoms with Gasteiger partial charge in [-0.1, -0.05) is 0 Å². The highest BCUT2D eigenvalue weighted by molar-refractivity contribution is 5.05. The van der Waals surface area contributed by atoms with Gasteiger partial charge in [-0.25, -0.2) is 0 Å². The van der Waals surface area contributed by atoms with E-state index in [4.69, 9.17) is 20.4 Å². The lowest BCUT2D eigenvalue weighted by Gasteiger charge is -2.37. The number of aliphatic hydroxyl groups excluding tert-OH is 4. The van der Waals surface area contributed by atoms with E-state index >= 15 is 0 Å². The van der Waals surface area contributed by atoms with Crippen molar-refractivity contribution in [1.29, 1.82) is 0 Å². The quantitative estimate of drug-likeness (QED) is 0.532. The van der Waals surface area contributed by atoms with E-state index in [-0.39, 0.29) is 0 Å². The molecule has 0 saturated heterocycles. The van der Waals surface area contributed by atoms with Gasteiger partial charge in [-0.15, -0.1) is 0 Å². The number of hydrogen-bond acceptors (Lipinski definition) is 4. The van der Waals surface area contributed by atoms with Crippen LogP contribution < -0.4 is 0 Å². The van der Waals surface area contributed by atoms with Crippen LogP contribution in [-0.2, 0) is 0 Å². The summed E-state index contributed by atoms with van der Waals surface area (Å²) in [5.74, 6) is -20.8. The molecular weight excluding hydrogens is 331 g/mol. The molecule has 0 rings (SSSR count). The third-order valence-electron chi connectivity index (χ3n) is 2.45. The van der Waals surface area contributed by atoms with Crippen LogP contribution in [0.25, 0.3) is 0 Å². The molecule has 0 aliphatic heterocycles. The summed E-state index contributed by atoms with van der Waals surface area (Å²) in [7, 11) is 0. The van der Waals surface area contributed by atoms with E-state index in [1.807, 2.05) is 0 Å². The van der Waals surface area contributed by atoms with Crippen LogP contribution in [0.2, 0.25) is 0 Å². The zero-order chi connectivity index (χ0) is 17.4. The minimum absolute atomic E-state index is 1.56. The van der Waals surface area contributed by atoms with Gasteiger partial charge in [0.25, 0.3) is 0 Å². The molecule has 0 aliphatic rings. The molecule has 21 heavy (non-hydrogen) atoms. The molecule has 0 amide bonds. The number of aliphatic hydroxyl groups is 4. The van der Waals surface area contributed by atoms with Gasteiger partial charge in [0.05, 0.1) is 6.61 Å². The fraction of sp³-hybridized carbons (Fsp3) is 1.00. The standard InChI is InChI=1S/C8H9F9O4/c9-5(10,4(21)3(20)2(19)1-18)6(11,12)7(13,14)8(15,16)17/h2-4,18-21H,1H2/t2-,3+,4+/m0/s1. The molecule has 4 N–H and O–H groups in total.